The van der Waals surface area contributed by atoms with Crippen molar-refractivity contribution in [2.75, 3.05) is 13.7 Å². The molecule has 0 spiro atoms. The van der Waals surface area contributed by atoms with Gasteiger partial charge in [0.1, 0.15) is 20.4 Å². The number of thiocarbonyl (C=S) groups is 1. The summed E-state index contributed by atoms with van der Waals surface area (Å²) in [4.78, 5) is 37.6. The molecule has 118 valence electrons. The zero-order valence-electron chi connectivity index (χ0n) is 12.2. The lowest BCUT2D eigenvalue weighted by atomic mass is 10.4. The molecule has 1 aromatic heterocycles. The van der Waals surface area contributed by atoms with Crippen LogP contribution in [0, 0.1) is 0 Å². The van der Waals surface area contributed by atoms with Gasteiger partial charge < -0.3 is 4.74 Å². The largest absolute Gasteiger partial charge is 0.468 e. The van der Waals surface area contributed by atoms with Crippen molar-refractivity contribution in [3.05, 3.63) is 19.5 Å². The first kappa shape index (κ1) is 16.9. The number of thioether (sulfide) groups is 1. The van der Waals surface area contributed by atoms with E-state index in [0.29, 0.717) is 20.6 Å². The Morgan fingerprint density at radius 3 is 2.64 bits per heavy atom. The standard InChI is InChI=1S/C13H14N2O4S3/c1-4-7-10(17)14(5-2)12(21-7)9-11(18)15(13(20)22-9)6-8(16)19-3/h4H,5-6H2,1-3H3/b7-4+,12-9-. The molecule has 0 aliphatic carbocycles. The van der Waals surface area contributed by atoms with Gasteiger partial charge in [0.2, 0.25) is 0 Å². The van der Waals surface area contributed by atoms with E-state index >= 15 is 0 Å². The second-order valence-electron chi connectivity index (χ2n) is 4.27. The SMILES string of the molecule is C/C=c1/s/c(=C2\SC(=S)N(CC(=O)OC)C2=O)n(CC)c1=O. The minimum Gasteiger partial charge on any atom is -0.468 e. The van der Waals surface area contributed by atoms with E-state index in [1.54, 1.807) is 17.6 Å². The number of carbonyl (C=O) groups is 2. The second kappa shape index (κ2) is 6.76. The summed E-state index contributed by atoms with van der Waals surface area (Å²) in [6.07, 6.45) is 1.72. The first-order valence-electron chi connectivity index (χ1n) is 6.45. The molecule has 1 aliphatic rings. The molecule has 0 radical (unpaired) electrons. The maximum atomic E-state index is 12.5. The summed E-state index contributed by atoms with van der Waals surface area (Å²) >= 11 is 7.51. The van der Waals surface area contributed by atoms with E-state index in [9.17, 15) is 14.4 Å². The fourth-order valence-corrected chi connectivity index (χ4v) is 4.42. The zero-order valence-corrected chi connectivity index (χ0v) is 14.7. The fraction of sp³-hybridized carbons (Fsp3) is 0.385. The Labute approximate surface area is 140 Å². The minimum absolute atomic E-state index is 0.122. The number of carbonyl (C=O) groups excluding carboxylic acids is 2. The van der Waals surface area contributed by atoms with E-state index in [4.69, 9.17) is 12.2 Å². The summed E-state index contributed by atoms with van der Waals surface area (Å²) in [7, 11) is 1.25. The van der Waals surface area contributed by atoms with Crippen LogP contribution in [0.2, 0.25) is 0 Å². The van der Waals surface area contributed by atoms with Crippen molar-refractivity contribution in [1.29, 1.82) is 0 Å². The Bertz CT molecular complexity index is 821. The first-order chi connectivity index (χ1) is 10.4. The third-order valence-corrected chi connectivity index (χ3v) is 5.86. The third kappa shape index (κ3) is 2.88. The number of nitrogens with zero attached hydrogens (tertiary/aromatic N) is 2. The number of rotatable bonds is 3. The van der Waals surface area contributed by atoms with Gasteiger partial charge in [0.25, 0.3) is 11.5 Å². The number of ether oxygens (including phenoxy) is 1. The normalized spacial score (nSPS) is 18.3. The summed E-state index contributed by atoms with van der Waals surface area (Å²) in [5.74, 6) is -0.911. The van der Waals surface area contributed by atoms with Crippen molar-refractivity contribution < 1.29 is 14.3 Å². The first-order valence-corrected chi connectivity index (χ1v) is 8.49. The molecule has 22 heavy (non-hydrogen) atoms. The Hall–Kier alpha value is -1.45. The summed E-state index contributed by atoms with van der Waals surface area (Å²) < 4.78 is 7.55. The highest BCUT2D eigenvalue weighted by Crippen LogP contribution is 2.31. The maximum Gasteiger partial charge on any atom is 0.325 e. The van der Waals surface area contributed by atoms with Crippen molar-refractivity contribution in [2.45, 2.75) is 20.4 Å². The topological polar surface area (TPSA) is 68.6 Å². The molecular formula is C13H14N2O4S3. The Morgan fingerprint density at radius 2 is 2.09 bits per heavy atom. The molecular weight excluding hydrogens is 344 g/mol. The number of hydrogen-bond donors (Lipinski definition) is 0. The molecule has 0 N–H and O–H groups in total. The number of methoxy groups -OCH3 is 1. The number of esters is 1. The molecule has 1 fully saturated rings. The Balaban J connectivity index is 2.59. The van der Waals surface area contributed by atoms with Crippen molar-refractivity contribution in [1.82, 2.24) is 9.47 Å². The van der Waals surface area contributed by atoms with Gasteiger partial charge in [-0.15, -0.1) is 11.3 Å². The van der Waals surface area contributed by atoms with E-state index in [0.717, 1.165) is 11.8 Å². The summed E-state index contributed by atoms with van der Waals surface area (Å²) in [5, 5.41) is 0. The molecule has 0 saturated carbocycles. The quantitative estimate of drug-likeness (QED) is 0.554. The number of aromatic nitrogens is 1. The van der Waals surface area contributed by atoms with E-state index in [-0.39, 0.29) is 22.3 Å². The molecule has 1 aromatic rings. The van der Waals surface area contributed by atoms with Crippen LogP contribution in [0.25, 0.3) is 11.0 Å². The van der Waals surface area contributed by atoms with Crippen molar-refractivity contribution in [3.63, 3.8) is 0 Å². The van der Waals surface area contributed by atoms with Crippen LogP contribution < -0.4 is 14.8 Å². The molecule has 9 heteroatoms. The van der Waals surface area contributed by atoms with Gasteiger partial charge in [-0.2, -0.15) is 0 Å². The van der Waals surface area contributed by atoms with Crippen LogP contribution in [0.5, 0.6) is 0 Å². The molecule has 2 heterocycles. The smallest absolute Gasteiger partial charge is 0.325 e. The van der Waals surface area contributed by atoms with Crippen LogP contribution in [0.1, 0.15) is 13.8 Å². The van der Waals surface area contributed by atoms with Gasteiger partial charge in [0.15, 0.2) is 0 Å². The monoisotopic (exact) mass is 358 g/mol. The summed E-state index contributed by atoms with van der Waals surface area (Å²) in [5.41, 5.74) is -0.122. The van der Waals surface area contributed by atoms with E-state index in [1.807, 2.05) is 6.92 Å². The molecule has 0 aromatic carbocycles. The highest BCUT2D eigenvalue weighted by atomic mass is 32.2. The lowest BCUT2D eigenvalue weighted by Gasteiger charge is -2.11. The molecule has 1 saturated heterocycles. The van der Waals surface area contributed by atoms with E-state index in [2.05, 4.69) is 4.74 Å². The molecule has 0 atom stereocenters. The average Bonchev–Trinajstić information content (AvgIpc) is 2.97. The molecule has 6 nitrogen and oxygen atoms in total. The number of amides is 1. The van der Waals surface area contributed by atoms with Crippen LogP contribution in [0.4, 0.5) is 0 Å². The molecule has 2 rings (SSSR count). The van der Waals surface area contributed by atoms with Gasteiger partial charge in [-0.1, -0.05) is 30.1 Å². The van der Waals surface area contributed by atoms with Gasteiger partial charge >= 0.3 is 5.97 Å². The van der Waals surface area contributed by atoms with Gasteiger partial charge in [-0.25, -0.2) is 0 Å². The summed E-state index contributed by atoms with van der Waals surface area (Å²) in [6, 6.07) is 0. The van der Waals surface area contributed by atoms with Crippen LogP contribution in [-0.4, -0.2) is 39.3 Å². The van der Waals surface area contributed by atoms with Crippen LogP contribution in [0.3, 0.4) is 0 Å². The lowest BCUT2D eigenvalue weighted by molar-refractivity contribution is -0.143. The predicted octanol–water partition coefficient (Wildman–Crippen LogP) is -0.128. The Morgan fingerprint density at radius 1 is 1.41 bits per heavy atom. The van der Waals surface area contributed by atoms with E-state index < -0.39 is 5.97 Å². The highest BCUT2D eigenvalue weighted by Gasteiger charge is 2.35. The van der Waals surface area contributed by atoms with Crippen molar-refractivity contribution in [2.24, 2.45) is 0 Å². The van der Waals surface area contributed by atoms with Gasteiger partial charge in [-0.05, 0) is 13.8 Å². The zero-order chi connectivity index (χ0) is 16.4. The van der Waals surface area contributed by atoms with Crippen molar-refractivity contribution >= 4 is 62.5 Å². The van der Waals surface area contributed by atoms with Crippen molar-refractivity contribution in [3.8, 4) is 0 Å². The fourth-order valence-electron chi connectivity index (χ4n) is 1.92. The number of thiazole rings is 1. The Kier molecular flexibility index (Phi) is 5.20. The number of hydrogen-bond acceptors (Lipinski definition) is 7. The second-order valence-corrected chi connectivity index (χ2v) is 6.95. The molecule has 0 unspecified atom stereocenters. The van der Waals surface area contributed by atoms with Crippen LogP contribution >= 0.6 is 35.3 Å². The van der Waals surface area contributed by atoms with Gasteiger partial charge in [0.05, 0.1) is 11.6 Å². The third-order valence-electron chi connectivity index (χ3n) is 3.04. The molecule has 1 aliphatic heterocycles. The maximum absolute atomic E-state index is 12.5. The molecule has 1 amide bonds. The minimum atomic E-state index is -0.542. The summed E-state index contributed by atoms with van der Waals surface area (Å²) in [6.45, 7) is 3.85. The van der Waals surface area contributed by atoms with Crippen LogP contribution in [0.15, 0.2) is 4.79 Å². The van der Waals surface area contributed by atoms with Gasteiger partial charge in [0, 0.05) is 6.54 Å². The van der Waals surface area contributed by atoms with Gasteiger partial charge in [-0.3, -0.25) is 23.9 Å². The average molecular weight is 358 g/mol. The highest BCUT2D eigenvalue weighted by molar-refractivity contribution is 8.30. The predicted molar refractivity (Wildman–Crippen MR) is 91.0 cm³/mol. The van der Waals surface area contributed by atoms with E-state index in [1.165, 1.54) is 23.3 Å². The lowest BCUT2D eigenvalue weighted by Crippen LogP contribution is -2.35. The molecule has 0 bridgehead atoms. The van der Waals surface area contributed by atoms with Crippen LogP contribution in [-0.2, 0) is 20.9 Å².